The minimum atomic E-state index is -1.11. The summed E-state index contributed by atoms with van der Waals surface area (Å²) in [4.78, 5) is 35.4. The van der Waals surface area contributed by atoms with E-state index in [0.717, 1.165) is 17.4 Å². The van der Waals surface area contributed by atoms with E-state index >= 15 is 0 Å². The first-order chi connectivity index (χ1) is 21.1. The highest BCUT2D eigenvalue weighted by Crippen LogP contribution is 2.29. The smallest absolute Gasteiger partial charge is 0.309 e. The summed E-state index contributed by atoms with van der Waals surface area (Å²) in [5.41, 5.74) is 7.86. The van der Waals surface area contributed by atoms with Crippen LogP contribution in [0.1, 0.15) is 10.4 Å². The number of aromatic nitrogens is 4. The number of amides is 1. The van der Waals surface area contributed by atoms with Crippen LogP contribution < -0.4 is 15.5 Å². The van der Waals surface area contributed by atoms with Crippen LogP contribution in [0.2, 0.25) is 0 Å². The summed E-state index contributed by atoms with van der Waals surface area (Å²) in [5.74, 6) is -1.29. The molecule has 0 spiro atoms. The number of nitrogens with zero attached hydrogens (tertiary/aromatic N) is 7. The van der Waals surface area contributed by atoms with Crippen molar-refractivity contribution in [1.82, 2.24) is 29.0 Å². The molecule has 6 rings (SSSR count). The Bertz CT molecular complexity index is 1880. The monoisotopic (exact) mass is 644 g/mol. The summed E-state index contributed by atoms with van der Waals surface area (Å²) >= 11 is -0.0288. The molecule has 0 aliphatic carbocycles. The van der Waals surface area contributed by atoms with Crippen LogP contribution >= 0.6 is 11.3 Å². The van der Waals surface area contributed by atoms with Crippen LogP contribution in [0.5, 0.6) is 0 Å². The lowest BCUT2D eigenvalue weighted by atomic mass is 10.1. The molecule has 2 N–H and O–H groups in total. The third-order valence-corrected chi connectivity index (χ3v) is 9.45. The first-order valence-corrected chi connectivity index (χ1v) is 16.4. The molecular weight excluding hydrogens is 614 g/mol. The minimum Gasteiger partial charge on any atom is -0.617 e. The number of hydrogen-bond donors (Lipinski definition) is 1. The predicted molar refractivity (Wildman–Crippen MR) is 166 cm³/mol. The largest absolute Gasteiger partial charge is 0.617 e. The number of nitrogens with two attached hydrogens (primary N) is 1. The maximum Gasteiger partial charge on any atom is 0.309 e. The van der Waals surface area contributed by atoms with Crippen LogP contribution in [0, 0.1) is 11.6 Å². The van der Waals surface area contributed by atoms with Crippen molar-refractivity contribution >= 4 is 55.9 Å². The number of piperazine rings is 1. The number of carbonyl (C=O) groups excluding carboxylic acids is 1. The Hall–Kier alpha value is -3.99. The third-order valence-electron chi connectivity index (χ3n) is 7.70. The van der Waals surface area contributed by atoms with Gasteiger partial charge in [0, 0.05) is 52.4 Å². The molecule has 5 heterocycles. The molecule has 1 aliphatic rings. The van der Waals surface area contributed by atoms with Gasteiger partial charge in [-0.15, -0.1) is 0 Å². The fourth-order valence-corrected chi connectivity index (χ4v) is 6.75. The maximum atomic E-state index is 14.9. The van der Waals surface area contributed by atoms with Crippen molar-refractivity contribution in [2.45, 2.75) is 6.54 Å². The molecule has 12 nitrogen and oxygen atoms in total. The number of anilines is 2. The molecule has 0 radical (unpaired) electrons. The standard InChI is InChI=1S/C28H30F2N8O4S2/c1-34(11-13-44(2)41)26(39)17-14-21(19(30)15-18(17)29)36-8-5-35(6-9-36)7-10-37-25-24(43-28(37)40)22-16-20(23-4-3-12-42-23)33-38(22)27(31)32-25/h3-4,12,14-16H,5-11,13H2,1-2H3,(H2,31,32)/t44-/m0/s1. The van der Waals surface area contributed by atoms with Crippen molar-refractivity contribution < 1.29 is 22.5 Å². The summed E-state index contributed by atoms with van der Waals surface area (Å²) < 4.78 is 50.1. The van der Waals surface area contributed by atoms with Crippen LogP contribution in [0.3, 0.4) is 0 Å². The zero-order valence-electron chi connectivity index (χ0n) is 24.0. The van der Waals surface area contributed by atoms with Crippen LogP contribution in [0.25, 0.3) is 27.3 Å². The van der Waals surface area contributed by atoms with E-state index in [4.69, 9.17) is 10.2 Å². The highest BCUT2D eigenvalue weighted by molar-refractivity contribution is 7.90. The second-order valence-electron chi connectivity index (χ2n) is 10.6. The molecule has 1 fully saturated rings. The zero-order chi connectivity index (χ0) is 31.1. The quantitative estimate of drug-likeness (QED) is 0.240. The van der Waals surface area contributed by atoms with E-state index < -0.39 is 28.7 Å². The van der Waals surface area contributed by atoms with Gasteiger partial charge in [-0.1, -0.05) is 22.5 Å². The van der Waals surface area contributed by atoms with E-state index in [2.05, 4.69) is 15.0 Å². The van der Waals surface area contributed by atoms with E-state index in [1.807, 2.05) is 6.07 Å². The van der Waals surface area contributed by atoms with E-state index in [9.17, 15) is 22.9 Å². The number of fused-ring (bicyclic) bond motifs is 3. The third kappa shape index (κ3) is 5.77. The summed E-state index contributed by atoms with van der Waals surface area (Å²) in [5, 5.41) is 4.48. The number of rotatable bonds is 9. The fraction of sp³-hybridized carbons (Fsp3) is 0.357. The number of thiazole rings is 1. The number of furan rings is 1. The second kappa shape index (κ2) is 12.2. The average molecular weight is 645 g/mol. The van der Waals surface area contributed by atoms with Crippen LogP contribution in [-0.2, 0) is 17.7 Å². The molecule has 1 amide bonds. The Morgan fingerprint density at radius 2 is 1.95 bits per heavy atom. The van der Waals surface area contributed by atoms with Crippen molar-refractivity contribution in [3.8, 4) is 11.5 Å². The van der Waals surface area contributed by atoms with Gasteiger partial charge in [-0.25, -0.2) is 8.78 Å². The molecule has 0 unspecified atom stereocenters. The van der Waals surface area contributed by atoms with Gasteiger partial charge in [-0.2, -0.15) is 14.6 Å². The summed E-state index contributed by atoms with van der Waals surface area (Å²) in [6.07, 6.45) is 3.08. The first-order valence-electron chi connectivity index (χ1n) is 13.8. The Morgan fingerprint density at radius 1 is 1.18 bits per heavy atom. The van der Waals surface area contributed by atoms with Crippen LogP contribution in [-0.4, -0.2) is 97.7 Å². The average Bonchev–Trinajstić information content (AvgIpc) is 3.74. The van der Waals surface area contributed by atoms with Gasteiger partial charge in [0.25, 0.3) is 5.91 Å². The maximum absolute atomic E-state index is 14.9. The Balaban J connectivity index is 1.14. The molecule has 0 saturated carbocycles. The van der Waals surface area contributed by atoms with Gasteiger partial charge in [0.05, 0.1) is 35.8 Å². The highest BCUT2D eigenvalue weighted by atomic mass is 32.2. The van der Waals surface area contributed by atoms with Crippen molar-refractivity contribution in [2.75, 3.05) is 69.0 Å². The summed E-state index contributed by atoms with van der Waals surface area (Å²) in [7, 11) is 1.50. The molecule has 16 heteroatoms. The highest BCUT2D eigenvalue weighted by Gasteiger charge is 2.25. The van der Waals surface area contributed by atoms with Crippen molar-refractivity contribution in [1.29, 1.82) is 0 Å². The predicted octanol–water partition coefficient (Wildman–Crippen LogP) is 2.50. The summed E-state index contributed by atoms with van der Waals surface area (Å²) in [6.45, 7) is 3.12. The SMILES string of the molecule is CN(CC[S@+](C)[O-])C(=O)c1cc(N2CCN(CCn3c(=O)sc4c3nc(N)n3nc(-c5ccco5)cc43)CC2)c(F)cc1F. The van der Waals surface area contributed by atoms with Gasteiger partial charge in [0.15, 0.2) is 11.4 Å². The first kappa shape index (κ1) is 30.1. The van der Waals surface area contributed by atoms with Gasteiger partial charge in [0.2, 0.25) is 5.95 Å². The van der Waals surface area contributed by atoms with Gasteiger partial charge < -0.3 is 24.5 Å². The Labute approximate surface area is 257 Å². The number of carbonyl (C=O) groups is 1. The lowest BCUT2D eigenvalue weighted by Crippen LogP contribution is -2.47. The number of nitrogen functional groups attached to an aromatic ring is 1. The van der Waals surface area contributed by atoms with Gasteiger partial charge in [-0.3, -0.25) is 19.1 Å². The summed E-state index contributed by atoms with van der Waals surface area (Å²) in [6, 6.07) is 7.36. The molecule has 232 valence electrons. The molecule has 1 aliphatic heterocycles. The molecule has 0 bridgehead atoms. The molecule has 4 aromatic heterocycles. The lowest BCUT2D eigenvalue weighted by molar-refractivity contribution is 0.0798. The second-order valence-corrected chi connectivity index (χ2v) is 13.1. The van der Waals surface area contributed by atoms with Gasteiger partial charge in [0.1, 0.15) is 27.8 Å². The number of hydrogen-bond acceptors (Lipinski definition) is 10. The molecule has 1 aromatic carbocycles. The van der Waals surface area contributed by atoms with E-state index in [0.29, 0.717) is 66.6 Å². The molecular formula is C28H30F2N8O4S2. The molecule has 5 aromatic rings. The van der Waals surface area contributed by atoms with Crippen molar-refractivity contribution in [3.05, 3.63) is 63.5 Å². The Morgan fingerprint density at radius 3 is 2.66 bits per heavy atom. The van der Waals surface area contributed by atoms with Crippen LogP contribution in [0.4, 0.5) is 20.4 Å². The van der Waals surface area contributed by atoms with E-state index in [1.165, 1.54) is 28.8 Å². The molecule has 44 heavy (non-hydrogen) atoms. The van der Waals surface area contributed by atoms with E-state index in [-0.39, 0.29) is 34.4 Å². The van der Waals surface area contributed by atoms with Gasteiger partial charge >= 0.3 is 4.87 Å². The lowest BCUT2D eigenvalue weighted by Gasteiger charge is -2.36. The number of benzene rings is 1. The van der Waals surface area contributed by atoms with Crippen LogP contribution in [0.15, 0.2) is 45.8 Å². The Kier molecular flexibility index (Phi) is 8.32. The van der Waals surface area contributed by atoms with E-state index in [1.54, 1.807) is 27.9 Å². The minimum absolute atomic E-state index is 0.149. The molecule has 1 atom stereocenters. The normalized spacial score (nSPS) is 15.0. The van der Waals surface area contributed by atoms with Crippen molar-refractivity contribution in [3.63, 3.8) is 0 Å². The topological polar surface area (TPSA) is 141 Å². The zero-order valence-corrected chi connectivity index (χ0v) is 25.7. The molecule has 1 saturated heterocycles. The number of halogens is 2. The van der Waals surface area contributed by atoms with Crippen molar-refractivity contribution in [2.24, 2.45) is 0 Å². The fourth-order valence-electron chi connectivity index (χ4n) is 5.26. The van der Waals surface area contributed by atoms with Gasteiger partial charge in [-0.05, 0) is 24.3 Å².